The Labute approximate surface area is 201 Å². The third-order valence-corrected chi connectivity index (χ3v) is 6.07. The van der Waals surface area contributed by atoms with E-state index in [4.69, 9.17) is 21.7 Å². The highest BCUT2D eigenvalue weighted by Gasteiger charge is 2.21. The molecule has 0 fully saturated rings. The van der Waals surface area contributed by atoms with Crippen LogP contribution in [0.3, 0.4) is 0 Å². The molecule has 1 aromatic heterocycles. The fourth-order valence-corrected chi connectivity index (χ4v) is 4.31. The second-order valence-electron chi connectivity index (χ2n) is 8.08. The summed E-state index contributed by atoms with van der Waals surface area (Å²) in [7, 11) is 0. The molecule has 0 amide bonds. The Balaban J connectivity index is 1.58. The van der Waals surface area contributed by atoms with Gasteiger partial charge in [0.2, 0.25) is 0 Å². The molecule has 3 N–H and O–H groups in total. The van der Waals surface area contributed by atoms with Crippen molar-refractivity contribution in [1.29, 1.82) is 0 Å². The summed E-state index contributed by atoms with van der Waals surface area (Å²) in [6, 6.07) is 20.2. The number of nitrogens with zero attached hydrogens (tertiary/aromatic N) is 2. The van der Waals surface area contributed by atoms with E-state index in [9.17, 15) is 9.90 Å². The van der Waals surface area contributed by atoms with Crippen LogP contribution in [0, 0.1) is 6.92 Å². The minimum absolute atomic E-state index is 0.158. The van der Waals surface area contributed by atoms with Crippen LogP contribution in [-0.4, -0.2) is 26.9 Å². The first-order valence-electron chi connectivity index (χ1n) is 10.6. The van der Waals surface area contributed by atoms with E-state index in [0.717, 1.165) is 39.1 Å². The van der Waals surface area contributed by atoms with Gasteiger partial charge in [-0.25, -0.2) is 9.78 Å². The van der Waals surface area contributed by atoms with E-state index in [1.54, 1.807) is 12.3 Å². The summed E-state index contributed by atoms with van der Waals surface area (Å²) in [6.45, 7) is 2.49. The van der Waals surface area contributed by atoms with Crippen molar-refractivity contribution in [2.45, 2.75) is 13.5 Å². The zero-order valence-electron chi connectivity index (χ0n) is 18.2. The van der Waals surface area contributed by atoms with E-state index in [2.05, 4.69) is 28.5 Å². The molecule has 2 heterocycles. The summed E-state index contributed by atoms with van der Waals surface area (Å²) in [4.78, 5) is 20.6. The maximum atomic E-state index is 11.2. The zero-order valence-corrected chi connectivity index (χ0v) is 19.0. The Morgan fingerprint density at radius 1 is 0.971 bits per heavy atom. The van der Waals surface area contributed by atoms with Gasteiger partial charge in [-0.15, -0.1) is 0 Å². The number of benzene rings is 3. The number of halogens is 1. The smallest absolute Gasteiger partial charge is 0.339 e. The van der Waals surface area contributed by atoms with Gasteiger partial charge in [0.1, 0.15) is 17.1 Å². The molecule has 0 saturated heterocycles. The predicted molar refractivity (Wildman–Crippen MR) is 134 cm³/mol. The summed E-state index contributed by atoms with van der Waals surface area (Å²) < 4.78 is 0. The maximum absolute atomic E-state index is 11.2. The second-order valence-corrected chi connectivity index (χ2v) is 8.49. The van der Waals surface area contributed by atoms with E-state index < -0.39 is 5.97 Å². The monoisotopic (exact) mass is 469 g/mol. The molecular formula is C27H20ClN3O3. The lowest BCUT2D eigenvalue weighted by Crippen LogP contribution is -2.06. The van der Waals surface area contributed by atoms with Crippen LogP contribution in [0.1, 0.15) is 32.6 Å². The molecule has 0 radical (unpaired) electrons. The van der Waals surface area contributed by atoms with Gasteiger partial charge in [-0.2, -0.15) is 0 Å². The molecule has 5 rings (SSSR count). The van der Waals surface area contributed by atoms with Gasteiger partial charge in [0, 0.05) is 34.1 Å². The number of fused-ring (bicyclic) bond motifs is 3. The van der Waals surface area contributed by atoms with Crippen LogP contribution in [0.25, 0.3) is 11.1 Å². The Hall–Kier alpha value is -4.16. The van der Waals surface area contributed by atoms with Gasteiger partial charge in [-0.05, 0) is 53.9 Å². The summed E-state index contributed by atoms with van der Waals surface area (Å²) in [5.41, 5.74) is 7.18. The molecule has 0 bridgehead atoms. The van der Waals surface area contributed by atoms with Crippen LogP contribution < -0.4 is 5.32 Å². The number of aromatic nitrogens is 1. The normalized spacial score (nSPS) is 12.2. The molecule has 34 heavy (non-hydrogen) atoms. The number of aryl methyl sites for hydroxylation is 1. The number of hydrogen-bond acceptors (Lipinski definition) is 5. The molecule has 168 valence electrons. The van der Waals surface area contributed by atoms with Crippen LogP contribution in [0.5, 0.6) is 5.75 Å². The molecule has 4 aromatic rings. The zero-order chi connectivity index (χ0) is 23.8. The Bertz CT molecular complexity index is 1480. The van der Waals surface area contributed by atoms with Crippen LogP contribution in [0.4, 0.5) is 11.5 Å². The second kappa shape index (κ2) is 8.65. The van der Waals surface area contributed by atoms with Crippen molar-refractivity contribution in [3.05, 3.63) is 106 Å². The maximum Gasteiger partial charge on any atom is 0.339 e. The SMILES string of the molecule is Cc1ccc2c(c1)C(c1ccccc1Cl)=NCc1cnc(Nc3ccc(C(=O)O)c(O)c3)cc1-2. The van der Waals surface area contributed by atoms with Crippen molar-refractivity contribution in [2.75, 3.05) is 5.32 Å². The quantitative estimate of drug-likeness (QED) is 0.330. The lowest BCUT2D eigenvalue weighted by molar-refractivity contribution is 0.0694. The van der Waals surface area contributed by atoms with Crippen molar-refractivity contribution in [3.8, 4) is 16.9 Å². The molecule has 0 unspecified atom stereocenters. The third-order valence-electron chi connectivity index (χ3n) is 5.74. The largest absolute Gasteiger partial charge is 0.507 e. The number of aromatic carboxylic acids is 1. The number of phenols is 1. The number of nitrogens with one attached hydrogen (secondary N) is 1. The average molecular weight is 470 g/mol. The van der Waals surface area contributed by atoms with Gasteiger partial charge in [0.25, 0.3) is 0 Å². The lowest BCUT2D eigenvalue weighted by atomic mass is 9.91. The number of hydrogen-bond donors (Lipinski definition) is 3. The predicted octanol–water partition coefficient (Wildman–Crippen LogP) is 6.21. The van der Waals surface area contributed by atoms with E-state index >= 15 is 0 Å². The van der Waals surface area contributed by atoms with Crippen LogP contribution in [-0.2, 0) is 6.54 Å². The average Bonchev–Trinajstić information content (AvgIpc) is 2.96. The Morgan fingerprint density at radius 2 is 1.79 bits per heavy atom. The molecule has 7 heteroatoms. The number of rotatable bonds is 4. The van der Waals surface area contributed by atoms with E-state index in [-0.39, 0.29) is 11.3 Å². The van der Waals surface area contributed by atoms with Crippen molar-refractivity contribution in [3.63, 3.8) is 0 Å². The minimum Gasteiger partial charge on any atom is -0.507 e. The molecule has 0 saturated carbocycles. The number of aliphatic imine (C=N–C) groups is 1. The minimum atomic E-state index is -1.19. The van der Waals surface area contributed by atoms with Gasteiger partial charge < -0.3 is 15.5 Å². The third kappa shape index (κ3) is 4.00. The van der Waals surface area contributed by atoms with Crippen LogP contribution >= 0.6 is 11.6 Å². The molecule has 0 atom stereocenters. The molecule has 1 aliphatic heterocycles. The summed E-state index contributed by atoms with van der Waals surface area (Å²) in [5, 5.41) is 22.9. The van der Waals surface area contributed by atoms with Crippen molar-refractivity contribution < 1.29 is 15.0 Å². The van der Waals surface area contributed by atoms with Crippen molar-refractivity contribution >= 4 is 34.8 Å². The highest BCUT2D eigenvalue weighted by molar-refractivity contribution is 6.36. The summed E-state index contributed by atoms with van der Waals surface area (Å²) >= 11 is 6.53. The molecular weight excluding hydrogens is 450 g/mol. The molecule has 0 spiro atoms. The molecule has 6 nitrogen and oxygen atoms in total. The van der Waals surface area contributed by atoms with Gasteiger partial charge in [0.15, 0.2) is 0 Å². The fourth-order valence-electron chi connectivity index (χ4n) is 4.09. The number of carboxylic acids is 1. The summed E-state index contributed by atoms with van der Waals surface area (Å²) in [5.74, 6) is -0.937. The van der Waals surface area contributed by atoms with Gasteiger partial charge in [-0.3, -0.25) is 4.99 Å². The van der Waals surface area contributed by atoms with E-state index in [1.165, 1.54) is 12.1 Å². The molecule has 1 aliphatic rings. The van der Waals surface area contributed by atoms with Crippen LogP contribution in [0.15, 0.2) is 77.9 Å². The fraction of sp³-hybridized carbons (Fsp3) is 0.0741. The van der Waals surface area contributed by atoms with E-state index in [1.807, 2.05) is 37.3 Å². The van der Waals surface area contributed by atoms with Crippen molar-refractivity contribution in [1.82, 2.24) is 4.98 Å². The Kier molecular flexibility index (Phi) is 5.51. The number of anilines is 2. The van der Waals surface area contributed by atoms with E-state index in [0.29, 0.717) is 23.1 Å². The Morgan fingerprint density at radius 3 is 2.56 bits per heavy atom. The summed E-state index contributed by atoms with van der Waals surface area (Å²) in [6.07, 6.45) is 1.78. The number of aromatic hydroxyl groups is 1. The molecule has 0 aliphatic carbocycles. The first-order chi connectivity index (χ1) is 16.4. The van der Waals surface area contributed by atoms with Gasteiger partial charge in [-0.1, -0.05) is 47.5 Å². The topological polar surface area (TPSA) is 94.8 Å². The molecule has 3 aromatic carbocycles. The standard InChI is InChI=1S/C27H20ClN3O3/c1-15-6-8-18-21-12-25(31-17-7-9-20(27(33)34)24(32)11-17)29-13-16(21)14-30-26(22(18)10-15)19-4-2-3-5-23(19)28/h2-13,32H,14H2,1H3,(H,29,31)(H,33,34). The van der Waals surface area contributed by atoms with Crippen LogP contribution in [0.2, 0.25) is 5.02 Å². The van der Waals surface area contributed by atoms with Gasteiger partial charge in [0.05, 0.1) is 12.3 Å². The number of carbonyl (C=O) groups is 1. The lowest BCUT2D eigenvalue weighted by Gasteiger charge is -2.14. The highest BCUT2D eigenvalue weighted by Crippen LogP contribution is 2.36. The number of pyridine rings is 1. The van der Waals surface area contributed by atoms with Gasteiger partial charge >= 0.3 is 5.97 Å². The number of carboxylic acid groups (broad SMARTS) is 1. The first-order valence-corrected chi connectivity index (χ1v) is 11.0. The highest BCUT2D eigenvalue weighted by atomic mass is 35.5. The van der Waals surface area contributed by atoms with Crippen molar-refractivity contribution in [2.24, 2.45) is 4.99 Å². The first kappa shape index (κ1) is 21.7.